The second-order valence-electron chi connectivity index (χ2n) is 3.92. The lowest BCUT2D eigenvalue weighted by molar-refractivity contribution is 0.0697. The summed E-state index contributed by atoms with van der Waals surface area (Å²) in [6.45, 7) is 1.96. The fourth-order valence-electron chi connectivity index (χ4n) is 1.79. The highest BCUT2D eigenvalue weighted by atomic mass is 16.4. The van der Waals surface area contributed by atoms with E-state index in [4.69, 9.17) is 5.11 Å². The van der Waals surface area contributed by atoms with Crippen molar-refractivity contribution in [2.75, 3.05) is 11.9 Å². The standard InChI is InChI=1S/C13H13N3O2/c1-9-5-3-4-6-11(9)16(2)12-10(13(17)18)7-8-14-15-12/h3-8H,1-2H3,(H,17,18). The maximum atomic E-state index is 11.1. The van der Waals surface area contributed by atoms with Crippen molar-refractivity contribution >= 4 is 17.5 Å². The molecular formula is C13H13N3O2. The number of rotatable bonds is 3. The minimum Gasteiger partial charge on any atom is -0.478 e. The summed E-state index contributed by atoms with van der Waals surface area (Å²) >= 11 is 0. The molecule has 5 heteroatoms. The summed E-state index contributed by atoms with van der Waals surface area (Å²) < 4.78 is 0. The molecule has 0 aliphatic carbocycles. The summed E-state index contributed by atoms with van der Waals surface area (Å²) in [5.41, 5.74) is 2.08. The largest absolute Gasteiger partial charge is 0.478 e. The molecule has 0 saturated heterocycles. The molecule has 0 bridgehead atoms. The van der Waals surface area contributed by atoms with Crippen molar-refractivity contribution in [2.24, 2.45) is 0 Å². The van der Waals surface area contributed by atoms with Gasteiger partial charge in [0.25, 0.3) is 0 Å². The molecule has 2 aromatic rings. The first-order chi connectivity index (χ1) is 8.61. The van der Waals surface area contributed by atoms with Crippen LogP contribution in [-0.2, 0) is 0 Å². The van der Waals surface area contributed by atoms with Crippen molar-refractivity contribution in [2.45, 2.75) is 6.92 Å². The Labute approximate surface area is 105 Å². The lowest BCUT2D eigenvalue weighted by atomic mass is 10.1. The number of aromatic nitrogens is 2. The molecule has 5 nitrogen and oxygen atoms in total. The fourth-order valence-corrected chi connectivity index (χ4v) is 1.79. The maximum absolute atomic E-state index is 11.1. The Balaban J connectivity index is 2.50. The lowest BCUT2D eigenvalue weighted by Gasteiger charge is -2.21. The molecule has 1 heterocycles. The van der Waals surface area contributed by atoms with Crippen LogP contribution in [0, 0.1) is 6.92 Å². The quantitative estimate of drug-likeness (QED) is 0.895. The van der Waals surface area contributed by atoms with Crippen LogP contribution in [0.3, 0.4) is 0 Å². The smallest absolute Gasteiger partial charge is 0.339 e. The van der Waals surface area contributed by atoms with Gasteiger partial charge in [-0.25, -0.2) is 4.79 Å². The highest BCUT2D eigenvalue weighted by Crippen LogP contribution is 2.26. The van der Waals surface area contributed by atoms with E-state index in [-0.39, 0.29) is 5.56 Å². The van der Waals surface area contributed by atoms with Crippen LogP contribution in [0.1, 0.15) is 15.9 Å². The Morgan fingerprint density at radius 3 is 2.67 bits per heavy atom. The second-order valence-corrected chi connectivity index (χ2v) is 3.92. The van der Waals surface area contributed by atoms with E-state index in [0.29, 0.717) is 5.82 Å². The molecule has 0 aliphatic rings. The molecule has 0 unspecified atom stereocenters. The minimum atomic E-state index is -1.01. The Kier molecular flexibility index (Phi) is 3.23. The molecule has 0 radical (unpaired) electrons. The van der Waals surface area contributed by atoms with Crippen LogP contribution < -0.4 is 4.90 Å². The number of carbonyl (C=O) groups is 1. The molecule has 92 valence electrons. The van der Waals surface area contributed by atoms with Crippen LogP contribution in [0.2, 0.25) is 0 Å². The molecule has 2 rings (SSSR count). The monoisotopic (exact) mass is 243 g/mol. The summed E-state index contributed by atoms with van der Waals surface area (Å²) in [6, 6.07) is 9.15. The van der Waals surface area contributed by atoms with Gasteiger partial charge in [-0.3, -0.25) is 0 Å². The van der Waals surface area contributed by atoms with E-state index in [9.17, 15) is 4.79 Å². The maximum Gasteiger partial charge on any atom is 0.339 e. The highest BCUT2D eigenvalue weighted by molar-refractivity contribution is 5.94. The van der Waals surface area contributed by atoms with Crippen LogP contribution in [-0.4, -0.2) is 28.3 Å². The van der Waals surface area contributed by atoms with Gasteiger partial charge in [0.1, 0.15) is 5.56 Å². The van der Waals surface area contributed by atoms with Crippen LogP contribution in [0.15, 0.2) is 36.5 Å². The molecule has 1 aromatic carbocycles. The Hall–Kier alpha value is -2.43. The van der Waals surface area contributed by atoms with Gasteiger partial charge >= 0.3 is 5.97 Å². The van der Waals surface area contributed by atoms with Crippen LogP contribution in [0.5, 0.6) is 0 Å². The third kappa shape index (κ3) is 2.15. The molecule has 0 fully saturated rings. The third-order valence-corrected chi connectivity index (χ3v) is 2.73. The van der Waals surface area contributed by atoms with Crippen molar-refractivity contribution in [3.63, 3.8) is 0 Å². The SMILES string of the molecule is Cc1ccccc1N(C)c1nnccc1C(=O)O. The zero-order valence-corrected chi connectivity index (χ0v) is 10.2. The Bertz CT molecular complexity index is 584. The summed E-state index contributed by atoms with van der Waals surface area (Å²) in [6.07, 6.45) is 1.37. The minimum absolute atomic E-state index is 0.135. The van der Waals surface area contributed by atoms with E-state index in [2.05, 4.69) is 10.2 Å². The van der Waals surface area contributed by atoms with Gasteiger partial charge in [-0.1, -0.05) is 18.2 Å². The average molecular weight is 243 g/mol. The molecule has 0 saturated carbocycles. The predicted molar refractivity (Wildman–Crippen MR) is 68.2 cm³/mol. The van der Waals surface area contributed by atoms with Gasteiger partial charge in [0.2, 0.25) is 0 Å². The summed E-state index contributed by atoms with van der Waals surface area (Å²) in [7, 11) is 1.78. The first kappa shape index (κ1) is 12.0. The third-order valence-electron chi connectivity index (χ3n) is 2.73. The van der Waals surface area contributed by atoms with E-state index in [1.165, 1.54) is 12.3 Å². The molecular weight excluding hydrogens is 230 g/mol. The van der Waals surface area contributed by atoms with Crippen molar-refractivity contribution in [3.05, 3.63) is 47.7 Å². The van der Waals surface area contributed by atoms with E-state index < -0.39 is 5.97 Å². The summed E-state index contributed by atoms with van der Waals surface area (Å²) in [5.74, 6) is -0.681. The van der Waals surface area contributed by atoms with Gasteiger partial charge < -0.3 is 10.0 Å². The molecule has 1 aromatic heterocycles. The molecule has 0 atom stereocenters. The number of hydrogen-bond donors (Lipinski definition) is 1. The average Bonchev–Trinajstić information content (AvgIpc) is 2.38. The van der Waals surface area contributed by atoms with Crippen molar-refractivity contribution in [1.29, 1.82) is 0 Å². The zero-order chi connectivity index (χ0) is 13.1. The first-order valence-electron chi connectivity index (χ1n) is 5.45. The second kappa shape index (κ2) is 4.83. The molecule has 0 spiro atoms. The molecule has 0 amide bonds. The van der Waals surface area contributed by atoms with Gasteiger partial charge in [0, 0.05) is 12.7 Å². The summed E-state index contributed by atoms with van der Waals surface area (Å²) in [5, 5.41) is 16.8. The first-order valence-corrected chi connectivity index (χ1v) is 5.45. The Morgan fingerprint density at radius 1 is 1.28 bits per heavy atom. The number of aryl methyl sites for hydroxylation is 1. The number of hydrogen-bond acceptors (Lipinski definition) is 4. The number of nitrogens with zero attached hydrogens (tertiary/aromatic N) is 3. The van der Waals surface area contributed by atoms with Crippen LogP contribution in [0.25, 0.3) is 0 Å². The zero-order valence-electron chi connectivity index (χ0n) is 10.2. The number of benzene rings is 1. The van der Waals surface area contributed by atoms with E-state index >= 15 is 0 Å². The van der Waals surface area contributed by atoms with Gasteiger partial charge in [-0.15, -0.1) is 5.10 Å². The van der Waals surface area contributed by atoms with Crippen molar-refractivity contribution in [3.8, 4) is 0 Å². The van der Waals surface area contributed by atoms with Crippen molar-refractivity contribution in [1.82, 2.24) is 10.2 Å². The number of aromatic carboxylic acids is 1. The predicted octanol–water partition coefficient (Wildman–Crippen LogP) is 2.25. The van der Waals surface area contributed by atoms with E-state index in [1.54, 1.807) is 11.9 Å². The van der Waals surface area contributed by atoms with Gasteiger partial charge in [0.15, 0.2) is 5.82 Å². The number of carboxylic acids is 1. The Morgan fingerprint density at radius 2 is 2.00 bits per heavy atom. The van der Waals surface area contributed by atoms with Gasteiger partial charge in [-0.05, 0) is 24.6 Å². The molecule has 1 N–H and O–H groups in total. The highest BCUT2D eigenvalue weighted by Gasteiger charge is 2.17. The number of para-hydroxylation sites is 1. The lowest BCUT2D eigenvalue weighted by Crippen LogP contribution is -2.17. The van der Waals surface area contributed by atoms with Crippen LogP contribution >= 0.6 is 0 Å². The topological polar surface area (TPSA) is 66.3 Å². The molecule has 18 heavy (non-hydrogen) atoms. The van der Waals surface area contributed by atoms with Gasteiger partial charge in [-0.2, -0.15) is 5.10 Å². The van der Waals surface area contributed by atoms with Gasteiger partial charge in [0.05, 0.1) is 6.20 Å². The van der Waals surface area contributed by atoms with E-state index in [1.807, 2.05) is 31.2 Å². The van der Waals surface area contributed by atoms with Crippen molar-refractivity contribution < 1.29 is 9.90 Å². The fraction of sp³-hybridized carbons (Fsp3) is 0.154. The number of anilines is 2. The van der Waals surface area contributed by atoms with E-state index in [0.717, 1.165) is 11.3 Å². The normalized spacial score (nSPS) is 10.1. The molecule has 0 aliphatic heterocycles. The number of carboxylic acid groups (broad SMARTS) is 1. The summed E-state index contributed by atoms with van der Waals surface area (Å²) in [4.78, 5) is 12.9. The van der Waals surface area contributed by atoms with Crippen LogP contribution in [0.4, 0.5) is 11.5 Å².